The van der Waals surface area contributed by atoms with Gasteiger partial charge >= 0.3 is 0 Å². The first-order valence-corrected chi connectivity index (χ1v) is 16.8. The van der Waals surface area contributed by atoms with Gasteiger partial charge in [-0.05, 0) is 78.6 Å². The molecule has 2 aliphatic heterocycles. The number of carbonyl (C=O) groups excluding carboxylic acids is 1. The molecule has 0 saturated heterocycles. The number of methoxy groups -OCH3 is 6. The summed E-state index contributed by atoms with van der Waals surface area (Å²) in [6.07, 6.45) is 1.29. The number of nitrogens with one attached hydrogen (secondary N) is 2. The summed E-state index contributed by atoms with van der Waals surface area (Å²) >= 11 is 0. The van der Waals surface area contributed by atoms with Crippen LogP contribution >= 0.6 is 0 Å². The minimum atomic E-state index is -0.430. The van der Waals surface area contributed by atoms with Crippen molar-refractivity contribution >= 4 is 17.3 Å². The second kappa shape index (κ2) is 16.4. The van der Waals surface area contributed by atoms with E-state index in [1.54, 1.807) is 48.7 Å². The normalized spacial score (nSPS) is 16.0. The molecule has 0 saturated carbocycles. The predicted molar refractivity (Wildman–Crippen MR) is 194 cm³/mol. The largest absolute Gasteiger partial charge is 0.497 e. The highest BCUT2D eigenvalue weighted by Crippen LogP contribution is 2.41. The van der Waals surface area contributed by atoms with E-state index in [0.717, 1.165) is 40.9 Å². The first-order valence-electron chi connectivity index (χ1n) is 16.8. The lowest BCUT2D eigenvalue weighted by molar-refractivity contribution is 0.0854. The average molecular weight is 714 g/mol. The molecule has 4 aromatic rings. The van der Waals surface area contributed by atoms with Crippen LogP contribution in [0.1, 0.15) is 58.6 Å². The van der Waals surface area contributed by atoms with Crippen LogP contribution in [0.2, 0.25) is 0 Å². The summed E-state index contributed by atoms with van der Waals surface area (Å²) in [5, 5.41) is 10.7. The van der Waals surface area contributed by atoms with Crippen LogP contribution in [0.5, 0.6) is 46.0 Å². The molecule has 0 bridgehead atoms. The number of fused-ring (bicyclic) bond motifs is 1. The SMILES string of the molecule is COc1ccc2c(c1)C(=O)NC(c1ccc(OCCCCOc3cc(C4CC(c5cc(OC)c(OC)c(OC)c5)=NO4)ccc3OC)c(OC)c1)N2. The lowest BCUT2D eigenvalue weighted by Gasteiger charge is -2.28. The number of unbranched alkanes of at least 4 members (excludes halogenated alkanes) is 1. The minimum absolute atomic E-state index is 0.189. The number of benzene rings is 4. The molecule has 13 heteroatoms. The number of oxime groups is 1. The highest BCUT2D eigenvalue weighted by Gasteiger charge is 2.28. The van der Waals surface area contributed by atoms with Crippen LogP contribution in [-0.2, 0) is 4.84 Å². The topological polar surface area (TPSA) is 137 Å². The van der Waals surface area contributed by atoms with E-state index in [1.807, 2.05) is 60.7 Å². The number of ether oxygens (including phenoxy) is 8. The number of hydrogen-bond donors (Lipinski definition) is 2. The van der Waals surface area contributed by atoms with Gasteiger partial charge in [0.1, 0.15) is 11.9 Å². The Morgan fingerprint density at radius 1 is 0.654 bits per heavy atom. The number of hydrogen-bond acceptors (Lipinski definition) is 12. The van der Waals surface area contributed by atoms with Gasteiger partial charge in [-0.15, -0.1) is 0 Å². The number of amides is 1. The molecule has 2 aliphatic rings. The van der Waals surface area contributed by atoms with E-state index >= 15 is 0 Å². The maximum absolute atomic E-state index is 12.8. The fourth-order valence-electron chi connectivity index (χ4n) is 6.06. The third-order valence-electron chi connectivity index (χ3n) is 8.85. The van der Waals surface area contributed by atoms with Crippen molar-refractivity contribution in [2.45, 2.75) is 31.5 Å². The molecular formula is C39H43N3O10. The zero-order chi connectivity index (χ0) is 36.6. The molecule has 2 heterocycles. The zero-order valence-electron chi connectivity index (χ0n) is 30.1. The fraction of sp³-hybridized carbons (Fsp3) is 0.333. The molecular weight excluding hydrogens is 670 g/mol. The van der Waals surface area contributed by atoms with Crippen molar-refractivity contribution in [3.8, 4) is 46.0 Å². The molecule has 1 amide bonds. The van der Waals surface area contributed by atoms with E-state index < -0.39 is 6.17 Å². The number of anilines is 1. The lowest BCUT2D eigenvalue weighted by atomic mass is 9.99. The zero-order valence-corrected chi connectivity index (χ0v) is 30.1. The van der Waals surface area contributed by atoms with Crippen molar-refractivity contribution in [3.05, 3.63) is 89.0 Å². The standard InChI is InChI=1S/C39H43N3O10/c1-44-26-11-12-28-27(21-26)39(43)41-38(40-28)24-10-14-31(33(18-24)46-3)50-15-7-8-16-51-34-17-23(9-13-30(34)45-2)32-22-29(42-52-32)25-19-35(47-4)37(49-6)36(20-25)48-5/h9-14,17-21,32,38,40H,7-8,15-16,22H2,1-6H3,(H,41,43). The van der Waals surface area contributed by atoms with E-state index in [1.165, 1.54) is 0 Å². The van der Waals surface area contributed by atoms with Crippen LogP contribution in [0.25, 0.3) is 0 Å². The van der Waals surface area contributed by atoms with Gasteiger partial charge in [0.15, 0.2) is 40.6 Å². The van der Waals surface area contributed by atoms with Crippen molar-refractivity contribution in [3.63, 3.8) is 0 Å². The Labute approximate surface area is 302 Å². The summed E-state index contributed by atoms with van der Waals surface area (Å²) in [4.78, 5) is 18.7. The fourth-order valence-corrected chi connectivity index (χ4v) is 6.06. The highest BCUT2D eigenvalue weighted by molar-refractivity contribution is 6.03. The molecule has 0 spiro atoms. The summed E-state index contributed by atoms with van der Waals surface area (Å²) in [5.74, 6) is 4.45. The van der Waals surface area contributed by atoms with E-state index in [2.05, 4.69) is 15.8 Å². The van der Waals surface area contributed by atoms with Crippen molar-refractivity contribution < 1.29 is 47.5 Å². The average Bonchev–Trinajstić information content (AvgIpc) is 3.69. The Bertz CT molecular complexity index is 1910. The maximum atomic E-state index is 12.8. The number of rotatable bonds is 16. The van der Waals surface area contributed by atoms with E-state index in [4.69, 9.17) is 42.7 Å². The molecule has 2 N–H and O–H groups in total. The van der Waals surface area contributed by atoms with E-state index in [0.29, 0.717) is 71.2 Å². The van der Waals surface area contributed by atoms with Crippen LogP contribution in [0.4, 0.5) is 5.69 Å². The third-order valence-corrected chi connectivity index (χ3v) is 8.85. The Morgan fingerprint density at radius 3 is 1.98 bits per heavy atom. The van der Waals surface area contributed by atoms with Gasteiger partial charge in [-0.25, -0.2) is 0 Å². The summed E-state index contributed by atoms with van der Waals surface area (Å²) in [7, 11) is 9.50. The van der Waals surface area contributed by atoms with Crippen LogP contribution in [-0.4, -0.2) is 67.5 Å². The Balaban J connectivity index is 1.01. The Hall–Kier alpha value is -5.98. The van der Waals surface area contributed by atoms with E-state index in [-0.39, 0.29) is 12.0 Å². The summed E-state index contributed by atoms with van der Waals surface area (Å²) in [5.41, 5.74) is 4.57. The molecule has 13 nitrogen and oxygen atoms in total. The second-order valence-corrected chi connectivity index (χ2v) is 11.9. The van der Waals surface area contributed by atoms with Crippen molar-refractivity contribution in [1.82, 2.24) is 5.32 Å². The smallest absolute Gasteiger partial charge is 0.255 e. The quantitative estimate of drug-likeness (QED) is 0.120. The molecule has 4 aromatic carbocycles. The lowest BCUT2D eigenvalue weighted by Crippen LogP contribution is -2.38. The summed E-state index contributed by atoms with van der Waals surface area (Å²) < 4.78 is 45.1. The first-order chi connectivity index (χ1) is 25.4. The summed E-state index contributed by atoms with van der Waals surface area (Å²) in [6, 6.07) is 20.4. The second-order valence-electron chi connectivity index (χ2n) is 11.9. The van der Waals surface area contributed by atoms with Gasteiger partial charge < -0.3 is 53.4 Å². The highest BCUT2D eigenvalue weighted by atomic mass is 16.6. The van der Waals surface area contributed by atoms with Gasteiger partial charge in [-0.3, -0.25) is 4.79 Å². The molecule has 0 aromatic heterocycles. The van der Waals surface area contributed by atoms with Gasteiger partial charge in [0.05, 0.1) is 67.1 Å². The van der Waals surface area contributed by atoms with Crippen molar-refractivity contribution in [1.29, 1.82) is 0 Å². The van der Waals surface area contributed by atoms with Crippen LogP contribution in [0.15, 0.2) is 71.9 Å². The molecule has 2 atom stereocenters. The Kier molecular flexibility index (Phi) is 11.3. The molecule has 52 heavy (non-hydrogen) atoms. The number of carbonyl (C=O) groups is 1. The van der Waals surface area contributed by atoms with Crippen molar-refractivity contribution in [2.24, 2.45) is 5.16 Å². The number of nitrogens with zero attached hydrogens (tertiary/aromatic N) is 1. The molecule has 2 unspecified atom stereocenters. The van der Waals surface area contributed by atoms with E-state index in [9.17, 15) is 4.79 Å². The van der Waals surface area contributed by atoms with Gasteiger partial charge in [0, 0.05) is 17.7 Å². The van der Waals surface area contributed by atoms with Gasteiger partial charge in [0.25, 0.3) is 5.91 Å². The third kappa shape index (κ3) is 7.68. The summed E-state index contributed by atoms with van der Waals surface area (Å²) in [6.45, 7) is 0.916. The minimum Gasteiger partial charge on any atom is -0.497 e. The Morgan fingerprint density at radius 2 is 1.31 bits per heavy atom. The molecule has 274 valence electrons. The molecule has 0 radical (unpaired) electrons. The molecule has 0 aliphatic carbocycles. The molecule has 0 fully saturated rings. The predicted octanol–water partition coefficient (Wildman–Crippen LogP) is 6.70. The maximum Gasteiger partial charge on any atom is 0.255 e. The van der Waals surface area contributed by atoms with Crippen LogP contribution in [0.3, 0.4) is 0 Å². The monoisotopic (exact) mass is 713 g/mol. The van der Waals surface area contributed by atoms with Crippen LogP contribution < -0.4 is 48.5 Å². The molecule has 6 rings (SSSR count). The van der Waals surface area contributed by atoms with Crippen LogP contribution in [0, 0.1) is 0 Å². The van der Waals surface area contributed by atoms with Crippen molar-refractivity contribution in [2.75, 3.05) is 61.2 Å². The van der Waals surface area contributed by atoms with Gasteiger partial charge in [-0.1, -0.05) is 17.3 Å². The van der Waals surface area contributed by atoms with Gasteiger partial charge in [0.2, 0.25) is 5.75 Å². The first kappa shape index (κ1) is 35.8. The van der Waals surface area contributed by atoms with Gasteiger partial charge in [-0.2, -0.15) is 0 Å².